The quantitative estimate of drug-likeness (QED) is 0.664. The van der Waals surface area contributed by atoms with Crippen LogP contribution in [0.25, 0.3) is 0 Å². The van der Waals surface area contributed by atoms with Crippen molar-refractivity contribution in [1.82, 2.24) is 0 Å². The summed E-state index contributed by atoms with van der Waals surface area (Å²) in [7, 11) is 0. The zero-order chi connectivity index (χ0) is 12.7. The Bertz CT molecular complexity index is 401. The predicted molar refractivity (Wildman–Crippen MR) is 38.7 cm³/mol. The molecule has 0 saturated carbocycles. The van der Waals surface area contributed by atoms with Gasteiger partial charge in [0, 0.05) is 4.53 Å². The standard InChI is InChI=1S/C8H4F6O2/c1-2-3(9)4(10)5(11)6(12)8(2,13)7(15)16-14/h2H,1H3. The molecule has 1 rings (SSSR count). The summed E-state index contributed by atoms with van der Waals surface area (Å²) in [6.07, 6.45) is 0. The van der Waals surface area contributed by atoms with Crippen molar-refractivity contribution in [3.63, 3.8) is 0 Å². The molecule has 0 spiro atoms. The molecule has 2 nitrogen and oxygen atoms in total. The third-order valence-electron chi connectivity index (χ3n) is 2.26. The van der Waals surface area contributed by atoms with Gasteiger partial charge in [-0.05, 0) is 0 Å². The monoisotopic (exact) mass is 246 g/mol. The maximum atomic E-state index is 13.6. The number of halogens is 6. The molecule has 1 aliphatic carbocycles. The molecule has 90 valence electrons. The zero-order valence-electron chi connectivity index (χ0n) is 7.66. The van der Waals surface area contributed by atoms with E-state index in [1.165, 1.54) is 0 Å². The first-order chi connectivity index (χ1) is 7.28. The number of alkyl halides is 1. The predicted octanol–water partition coefficient (Wildman–Crippen LogP) is 3.07. The van der Waals surface area contributed by atoms with E-state index < -0.39 is 40.9 Å². The first-order valence-corrected chi connectivity index (χ1v) is 3.91. The molecule has 0 bridgehead atoms. The maximum Gasteiger partial charge on any atom is 0.393 e. The van der Waals surface area contributed by atoms with Crippen LogP contribution in [0.3, 0.4) is 0 Å². The van der Waals surface area contributed by atoms with Gasteiger partial charge < -0.3 is 0 Å². The summed E-state index contributed by atoms with van der Waals surface area (Å²) >= 11 is 0. The minimum atomic E-state index is -4.04. The Morgan fingerprint density at radius 3 is 2.19 bits per heavy atom. The lowest BCUT2D eigenvalue weighted by Gasteiger charge is -2.28. The molecule has 0 radical (unpaired) electrons. The van der Waals surface area contributed by atoms with Gasteiger partial charge >= 0.3 is 5.97 Å². The number of hydrogen-bond donors (Lipinski definition) is 0. The van der Waals surface area contributed by atoms with Crippen molar-refractivity contribution >= 4 is 5.97 Å². The second-order valence-corrected chi connectivity index (χ2v) is 3.09. The second kappa shape index (κ2) is 3.84. The molecule has 0 aromatic rings. The summed E-state index contributed by atoms with van der Waals surface area (Å²) in [5, 5.41) is 0. The lowest BCUT2D eigenvalue weighted by atomic mass is 9.84. The third kappa shape index (κ3) is 1.40. The Kier molecular flexibility index (Phi) is 3.02. The van der Waals surface area contributed by atoms with Crippen LogP contribution < -0.4 is 0 Å². The molecule has 0 heterocycles. The average Bonchev–Trinajstić information content (AvgIpc) is 2.30. The van der Waals surface area contributed by atoms with Crippen LogP contribution in [0.4, 0.5) is 26.5 Å². The molecule has 0 amide bonds. The molecule has 0 N–H and O–H groups in total. The van der Waals surface area contributed by atoms with Gasteiger partial charge in [-0.25, -0.2) is 26.7 Å². The number of hydrogen-bond acceptors (Lipinski definition) is 2. The topological polar surface area (TPSA) is 26.3 Å². The van der Waals surface area contributed by atoms with Crippen LogP contribution in [-0.2, 0) is 9.74 Å². The molecule has 1 aliphatic rings. The molecule has 0 saturated heterocycles. The number of rotatable bonds is 1. The van der Waals surface area contributed by atoms with Gasteiger partial charge in [-0.15, -0.1) is 0 Å². The normalized spacial score (nSPS) is 30.8. The smallest absolute Gasteiger partial charge is 0.251 e. The number of allylic oxidation sites excluding steroid dienone is 3. The van der Waals surface area contributed by atoms with Crippen LogP contribution in [-0.4, -0.2) is 11.6 Å². The highest BCUT2D eigenvalue weighted by molar-refractivity contribution is 5.84. The zero-order valence-corrected chi connectivity index (χ0v) is 7.66. The molecule has 16 heavy (non-hydrogen) atoms. The fourth-order valence-electron chi connectivity index (χ4n) is 1.24. The van der Waals surface area contributed by atoms with Crippen molar-refractivity contribution in [1.29, 1.82) is 0 Å². The number of carbonyl (C=O) groups is 1. The van der Waals surface area contributed by atoms with Crippen LogP contribution in [0.1, 0.15) is 6.92 Å². The highest BCUT2D eigenvalue weighted by atomic mass is 19.3. The van der Waals surface area contributed by atoms with Gasteiger partial charge in [0.15, 0.2) is 17.5 Å². The third-order valence-corrected chi connectivity index (χ3v) is 2.26. The van der Waals surface area contributed by atoms with E-state index in [9.17, 15) is 31.3 Å². The molecule has 0 fully saturated rings. The Morgan fingerprint density at radius 1 is 1.25 bits per heavy atom. The summed E-state index contributed by atoms with van der Waals surface area (Å²) in [4.78, 5) is 13.0. The summed E-state index contributed by atoms with van der Waals surface area (Å²) in [5.74, 6) is -14.2. The largest absolute Gasteiger partial charge is 0.393 e. The van der Waals surface area contributed by atoms with Crippen molar-refractivity contribution < 1.29 is 36.2 Å². The molecule has 0 aromatic heterocycles. The van der Waals surface area contributed by atoms with Gasteiger partial charge in [0.05, 0.1) is 5.92 Å². The molecule has 0 aromatic carbocycles. The van der Waals surface area contributed by atoms with E-state index in [4.69, 9.17) is 0 Å². The van der Waals surface area contributed by atoms with E-state index in [2.05, 4.69) is 4.94 Å². The van der Waals surface area contributed by atoms with Crippen LogP contribution >= 0.6 is 0 Å². The van der Waals surface area contributed by atoms with Crippen LogP contribution in [0, 0.1) is 5.92 Å². The first kappa shape index (κ1) is 12.6. The molecule has 2 atom stereocenters. The van der Waals surface area contributed by atoms with Gasteiger partial charge in [0.1, 0.15) is 5.83 Å². The lowest BCUT2D eigenvalue weighted by molar-refractivity contribution is -0.200. The molecular formula is C8H4F6O2. The van der Waals surface area contributed by atoms with Crippen LogP contribution in [0.5, 0.6) is 0 Å². The first-order valence-electron chi connectivity index (χ1n) is 3.91. The van der Waals surface area contributed by atoms with Crippen LogP contribution in [0.2, 0.25) is 0 Å². The summed E-state index contributed by atoms with van der Waals surface area (Å²) in [5.41, 5.74) is -4.04. The van der Waals surface area contributed by atoms with E-state index in [0.717, 1.165) is 0 Å². The van der Waals surface area contributed by atoms with Crippen molar-refractivity contribution in [2.24, 2.45) is 5.92 Å². The molecular weight excluding hydrogens is 242 g/mol. The van der Waals surface area contributed by atoms with Gasteiger partial charge in [0.2, 0.25) is 0 Å². The average molecular weight is 246 g/mol. The Morgan fingerprint density at radius 2 is 1.75 bits per heavy atom. The van der Waals surface area contributed by atoms with E-state index in [0.29, 0.717) is 6.92 Å². The Labute approximate surface area is 85.1 Å². The van der Waals surface area contributed by atoms with Crippen LogP contribution in [0.15, 0.2) is 23.3 Å². The van der Waals surface area contributed by atoms with E-state index in [-0.39, 0.29) is 0 Å². The molecule has 0 aliphatic heterocycles. The van der Waals surface area contributed by atoms with Gasteiger partial charge in [0.25, 0.3) is 5.67 Å². The Hall–Kier alpha value is -1.47. The fourth-order valence-corrected chi connectivity index (χ4v) is 1.24. The lowest BCUT2D eigenvalue weighted by Crippen LogP contribution is -2.44. The van der Waals surface area contributed by atoms with Gasteiger partial charge in [-0.2, -0.15) is 0 Å². The highest BCUT2D eigenvalue weighted by Crippen LogP contribution is 2.46. The second-order valence-electron chi connectivity index (χ2n) is 3.09. The van der Waals surface area contributed by atoms with E-state index >= 15 is 0 Å². The SMILES string of the molecule is CC1C(F)=C(F)C(F)=C(F)C1(F)C(=O)OF. The van der Waals surface area contributed by atoms with Crippen molar-refractivity contribution in [2.45, 2.75) is 12.6 Å². The molecule has 2 unspecified atom stereocenters. The van der Waals surface area contributed by atoms with E-state index in [1.807, 2.05) is 0 Å². The van der Waals surface area contributed by atoms with Crippen molar-refractivity contribution in [2.75, 3.05) is 0 Å². The molecule has 8 heteroatoms. The number of carbonyl (C=O) groups excluding carboxylic acids is 1. The Balaban J connectivity index is 3.41. The summed E-state index contributed by atoms with van der Waals surface area (Å²) < 4.78 is 76.2. The van der Waals surface area contributed by atoms with Crippen molar-refractivity contribution in [3.05, 3.63) is 23.3 Å². The summed E-state index contributed by atoms with van der Waals surface area (Å²) in [6.45, 7) is 0.540. The van der Waals surface area contributed by atoms with Gasteiger partial charge in [-0.1, -0.05) is 6.92 Å². The van der Waals surface area contributed by atoms with E-state index in [1.54, 1.807) is 0 Å². The van der Waals surface area contributed by atoms with Crippen molar-refractivity contribution in [3.8, 4) is 0 Å². The highest BCUT2D eigenvalue weighted by Gasteiger charge is 2.58. The minimum Gasteiger partial charge on any atom is -0.251 e. The maximum absolute atomic E-state index is 13.6. The fraction of sp³-hybridized carbons (Fsp3) is 0.375. The summed E-state index contributed by atoms with van der Waals surface area (Å²) in [6, 6.07) is 0. The van der Waals surface area contributed by atoms with Gasteiger partial charge in [-0.3, -0.25) is 4.94 Å². The minimum absolute atomic E-state index is 0.540.